The highest BCUT2D eigenvalue weighted by atomic mass is 15.0. The summed E-state index contributed by atoms with van der Waals surface area (Å²) < 4.78 is 2.42. The molecule has 0 unspecified atom stereocenters. The second-order valence-corrected chi connectivity index (χ2v) is 15.3. The third kappa shape index (κ3) is 5.07. The number of hydrogen-bond donors (Lipinski definition) is 0. The van der Waals surface area contributed by atoms with Crippen molar-refractivity contribution in [2.45, 2.75) is 26.2 Å². The maximum Gasteiger partial charge on any atom is 0.0541 e. The van der Waals surface area contributed by atoms with Gasteiger partial charge in [0.25, 0.3) is 0 Å². The number of benzene rings is 9. The Morgan fingerprint density at radius 1 is 0.358 bits per heavy atom. The molecule has 0 aliphatic heterocycles. The van der Waals surface area contributed by atoms with E-state index in [-0.39, 0.29) is 5.41 Å². The monoisotopic (exact) mass is 677 g/mol. The Kier molecular flexibility index (Phi) is 7.13. The first-order valence-corrected chi connectivity index (χ1v) is 18.6. The van der Waals surface area contributed by atoms with Gasteiger partial charge in [-0.15, -0.1) is 0 Å². The lowest BCUT2D eigenvalue weighted by Crippen LogP contribution is -2.10. The number of nitrogens with zero attached hydrogens (tertiary/aromatic N) is 1. The first kappa shape index (κ1) is 31.3. The standard InChI is InChI=1S/C52H39N/c1-52(2,3)38-27-30-45-47(33-38)51(44-21-10-9-20-43(44)50(45)35-15-5-4-6-16-35)36-24-28-39(29-25-36)53-48-23-12-11-19-42(48)46-32-37(26-31-49(46)53)41-22-13-17-34-14-7-8-18-40(34)41/h4-33H,1-3H3. The van der Waals surface area contributed by atoms with E-state index in [0.29, 0.717) is 0 Å². The average Bonchev–Trinajstić information content (AvgIpc) is 3.53. The smallest absolute Gasteiger partial charge is 0.0541 e. The van der Waals surface area contributed by atoms with Gasteiger partial charge in [0.1, 0.15) is 0 Å². The van der Waals surface area contributed by atoms with Crippen LogP contribution in [0.2, 0.25) is 0 Å². The first-order chi connectivity index (χ1) is 25.9. The van der Waals surface area contributed by atoms with Crippen LogP contribution in [-0.4, -0.2) is 4.57 Å². The summed E-state index contributed by atoms with van der Waals surface area (Å²) in [7, 11) is 0. The van der Waals surface area contributed by atoms with Crippen molar-refractivity contribution in [2.75, 3.05) is 0 Å². The molecule has 0 saturated carbocycles. The van der Waals surface area contributed by atoms with Gasteiger partial charge >= 0.3 is 0 Å². The van der Waals surface area contributed by atoms with Crippen LogP contribution in [-0.2, 0) is 5.41 Å². The summed E-state index contributed by atoms with van der Waals surface area (Å²) in [4.78, 5) is 0. The Bertz CT molecular complexity index is 3000. The Morgan fingerprint density at radius 3 is 1.68 bits per heavy atom. The van der Waals surface area contributed by atoms with Crippen molar-refractivity contribution in [3.63, 3.8) is 0 Å². The summed E-state index contributed by atoms with van der Waals surface area (Å²) in [5.74, 6) is 0. The van der Waals surface area contributed by atoms with Gasteiger partial charge in [-0.3, -0.25) is 0 Å². The fraction of sp³-hybridized carbons (Fsp3) is 0.0769. The third-order valence-corrected chi connectivity index (χ3v) is 11.1. The molecule has 0 fully saturated rings. The van der Waals surface area contributed by atoms with Crippen molar-refractivity contribution in [1.29, 1.82) is 0 Å². The molecule has 0 aliphatic carbocycles. The van der Waals surface area contributed by atoms with Gasteiger partial charge in [0.05, 0.1) is 11.0 Å². The summed E-state index contributed by atoms with van der Waals surface area (Å²) >= 11 is 0. The Labute approximate surface area is 310 Å². The number of para-hydroxylation sites is 1. The summed E-state index contributed by atoms with van der Waals surface area (Å²) in [6.45, 7) is 6.91. The van der Waals surface area contributed by atoms with Crippen LogP contribution in [0.4, 0.5) is 0 Å². The molecule has 0 radical (unpaired) electrons. The summed E-state index contributed by atoms with van der Waals surface area (Å²) in [6, 6.07) is 67.2. The first-order valence-electron chi connectivity index (χ1n) is 18.6. The predicted molar refractivity (Wildman–Crippen MR) is 228 cm³/mol. The molecular formula is C52H39N. The minimum atomic E-state index is 0.0257. The highest BCUT2D eigenvalue weighted by molar-refractivity contribution is 6.21. The largest absolute Gasteiger partial charge is 0.309 e. The number of fused-ring (bicyclic) bond motifs is 6. The van der Waals surface area contributed by atoms with Crippen LogP contribution in [0, 0.1) is 0 Å². The molecule has 0 spiro atoms. The quantitative estimate of drug-likeness (QED) is 0.163. The zero-order valence-electron chi connectivity index (χ0n) is 30.3. The lowest BCUT2D eigenvalue weighted by Gasteiger charge is -2.23. The van der Waals surface area contributed by atoms with Gasteiger partial charge in [-0.2, -0.15) is 0 Å². The van der Waals surface area contributed by atoms with Gasteiger partial charge in [-0.25, -0.2) is 0 Å². The van der Waals surface area contributed by atoms with Crippen LogP contribution >= 0.6 is 0 Å². The van der Waals surface area contributed by atoms with Gasteiger partial charge in [0.2, 0.25) is 0 Å². The highest BCUT2D eigenvalue weighted by Gasteiger charge is 2.21. The van der Waals surface area contributed by atoms with E-state index in [2.05, 4.69) is 207 Å². The van der Waals surface area contributed by atoms with E-state index >= 15 is 0 Å². The summed E-state index contributed by atoms with van der Waals surface area (Å²) in [5.41, 5.74) is 12.5. The normalized spacial score (nSPS) is 12.1. The van der Waals surface area contributed by atoms with E-state index in [1.807, 2.05) is 0 Å². The average molecular weight is 678 g/mol. The minimum Gasteiger partial charge on any atom is -0.309 e. The van der Waals surface area contributed by atoms with Gasteiger partial charge in [-0.1, -0.05) is 166 Å². The van der Waals surface area contributed by atoms with Crippen LogP contribution in [0.5, 0.6) is 0 Å². The molecule has 53 heavy (non-hydrogen) atoms. The highest BCUT2D eigenvalue weighted by Crippen LogP contribution is 2.45. The molecule has 252 valence electrons. The van der Waals surface area contributed by atoms with Gasteiger partial charge in [-0.05, 0) is 113 Å². The lowest BCUT2D eigenvalue weighted by atomic mass is 9.81. The Balaban J connectivity index is 1.17. The molecule has 1 aromatic heterocycles. The minimum absolute atomic E-state index is 0.0257. The van der Waals surface area contributed by atoms with E-state index < -0.39 is 0 Å². The maximum absolute atomic E-state index is 2.44. The molecular weight excluding hydrogens is 639 g/mol. The molecule has 1 heterocycles. The van der Waals surface area contributed by atoms with Gasteiger partial charge in [0, 0.05) is 16.5 Å². The van der Waals surface area contributed by atoms with Crippen molar-refractivity contribution in [1.82, 2.24) is 4.57 Å². The molecule has 0 atom stereocenters. The molecule has 0 N–H and O–H groups in total. The Morgan fingerprint density at radius 2 is 0.925 bits per heavy atom. The maximum atomic E-state index is 2.44. The van der Waals surface area contributed by atoms with E-state index in [0.717, 1.165) is 5.69 Å². The zero-order valence-corrected chi connectivity index (χ0v) is 30.3. The van der Waals surface area contributed by atoms with Crippen LogP contribution in [0.1, 0.15) is 26.3 Å². The van der Waals surface area contributed by atoms with Crippen molar-refractivity contribution < 1.29 is 0 Å². The topological polar surface area (TPSA) is 4.93 Å². The van der Waals surface area contributed by atoms with E-state index in [9.17, 15) is 0 Å². The predicted octanol–water partition coefficient (Wildman–Crippen LogP) is 14.5. The van der Waals surface area contributed by atoms with Crippen molar-refractivity contribution in [3.05, 3.63) is 188 Å². The molecule has 0 amide bonds. The summed E-state index contributed by atoms with van der Waals surface area (Å²) in [6.07, 6.45) is 0. The molecule has 0 saturated heterocycles. The number of rotatable bonds is 4. The van der Waals surface area contributed by atoms with Gasteiger partial charge < -0.3 is 4.57 Å². The second kappa shape index (κ2) is 12.1. The SMILES string of the molecule is CC(C)(C)c1ccc2c(-c3ccccc3)c3ccccc3c(-c3ccc(-n4c5ccccc5c5cc(-c6cccc7ccccc67)ccc54)cc3)c2c1. The third-order valence-electron chi connectivity index (χ3n) is 11.1. The van der Waals surface area contributed by atoms with E-state index in [1.54, 1.807) is 0 Å². The molecule has 9 aromatic carbocycles. The van der Waals surface area contributed by atoms with Crippen LogP contribution in [0.15, 0.2) is 182 Å². The van der Waals surface area contributed by atoms with E-state index in [4.69, 9.17) is 0 Å². The van der Waals surface area contributed by atoms with Crippen molar-refractivity contribution >= 4 is 54.1 Å². The lowest BCUT2D eigenvalue weighted by molar-refractivity contribution is 0.591. The van der Waals surface area contributed by atoms with E-state index in [1.165, 1.54) is 93.1 Å². The van der Waals surface area contributed by atoms with Crippen molar-refractivity contribution in [2.24, 2.45) is 0 Å². The fourth-order valence-corrected chi connectivity index (χ4v) is 8.54. The molecule has 10 aromatic rings. The number of hydrogen-bond acceptors (Lipinski definition) is 0. The van der Waals surface area contributed by atoms with Crippen LogP contribution < -0.4 is 0 Å². The summed E-state index contributed by atoms with van der Waals surface area (Å²) in [5, 5.41) is 10.2. The molecule has 1 nitrogen and oxygen atoms in total. The number of aromatic nitrogens is 1. The Hall–Kier alpha value is -6.44. The molecule has 10 rings (SSSR count). The van der Waals surface area contributed by atoms with Gasteiger partial charge in [0.15, 0.2) is 0 Å². The molecule has 0 bridgehead atoms. The molecule has 1 heteroatoms. The fourth-order valence-electron chi connectivity index (χ4n) is 8.54. The van der Waals surface area contributed by atoms with Crippen LogP contribution in [0.3, 0.4) is 0 Å². The zero-order chi connectivity index (χ0) is 35.7. The van der Waals surface area contributed by atoms with Crippen molar-refractivity contribution in [3.8, 4) is 39.1 Å². The van der Waals surface area contributed by atoms with Crippen LogP contribution in [0.25, 0.3) is 93.2 Å². The molecule has 0 aliphatic rings. The second-order valence-electron chi connectivity index (χ2n) is 15.3.